The van der Waals surface area contributed by atoms with E-state index in [9.17, 15) is 4.79 Å². The standard InChI is InChI=1S/C14H8As2N4O.5Re/c15-13(9-2-1-3-10(4-9)14(18)21)8-20(16)12-5-11(17)6-19-7-12;;;;;/h1,4-6,8,17H,(H2,18,21);;;;;/q-4;;;;;/p-1/b13-8-;;;;;. The molecule has 0 saturated heterocycles. The van der Waals surface area contributed by atoms with Crippen molar-refractivity contribution in [1.82, 2.24) is 4.98 Å². The van der Waals surface area contributed by atoms with Crippen LogP contribution in [0.2, 0.25) is 0 Å². The SMILES string of the molecule is [NH-]C(=O)c1[c-]c[c-]c(/C([As])=C/N([As])c2[c-]ncc([NH-])c2)c1.[Re].[Re].[Re].[Re].[Re]. The van der Waals surface area contributed by atoms with E-state index in [-0.39, 0.29) is 108 Å². The van der Waals surface area contributed by atoms with E-state index in [1.54, 1.807) is 22.1 Å². The average Bonchev–Trinajstić information content (AvgIpc) is 2.47. The van der Waals surface area contributed by atoms with Crippen LogP contribution in [0.1, 0.15) is 15.9 Å². The Labute approximate surface area is 239 Å². The predicted octanol–water partition coefficient (Wildman–Crippen LogP) is 2.40. The Bertz CT molecular complexity index is 721. The molecule has 1 aromatic carbocycles. The minimum Gasteiger partial charge on any atom is 0 e. The van der Waals surface area contributed by atoms with E-state index >= 15 is 0 Å². The summed E-state index contributed by atoms with van der Waals surface area (Å²) in [5.74, 6) is -0.783. The number of nitrogens with zero attached hydrogens (tertiary/aromatic N) is 2. The molecule has 0 spiro atoms. The maximum atomic E-state index is 11.1. The maximum Gasteiger partial charge on any atom is 0 e. The molecule has 0 aliphatic carbocycles. The average molecular weight is 1330 g/mol. The molecule has 0 aliphatic rings. The Morgan fingerprint density at radius 1 is 1.12 bits per heavy atom. The third-order valence-electron chi connectivity index (χ3n) is 2.43. The van der Waals surface area contributed by atoms with E-state index in [4.69, 9.17) is 11.5 Å². The van der Waals surface area contributed by atoms with Crippen molar-refractivity contribution in [1.29, 1.82) is 0 Å². The van der Waals surface area contributed by atoms with Crippen molar-refractivity contribution in [3.8, 4) is 0 Å². The van der Waals surface area contributed by atoms with Crippen molar-refractivity contribution in [2.24, 2.45) is 0 Å². The maximum absolute atomic E-state index is 11.1. The molecule has 0 bridgehead atoms. The van der Waals surface area contributed by atoms with Gasteiger partial charge in [0.1, 0.15) is 0 Å². The summed E-state index contributed by atoms with van der Waals surface area (Å²) in [5.41, 5.74) is 16.4. The molecule has 2 N–H and O–H groups in total. The van der Waals surface area contributed by atoms with Crippen LogP contribution in [0.25, 0.3) is 15.8 Å². The molecule has 0 unspecified atom stereocenters. The van der Waals surface area contributed by atoms with Crippen LogP contribution in [0, 0.1) is 18.3 Å². The topological polar surface area (TPSA) is 80.8 Å². The second-order valence-electron chi connectivity index (χ2n) is 3.95. The molecule has 1 aromatic heterocycles. The minimum absolute atomic E-state index is 0. The molecule has 5 nitrogen and oxygen atoms in total. The van der Waals surface area contributed by atoms with Gasteiger partial charge in [0.05, 0.1) is 0 Å². The molecule has 12 heteroatoms. The van der Waals surface area contributed by atoms with Crippen LogP contribution in [0.5, 0.6) is 0 Å². The molecular formula is C14H7As2N4ORe5-5. The van der Waals surface area contributed by atoms with Gasteiger partial charge in [0.25, 0.3) is 0 Å². The Balaban J connectivity index is -0.000000484. The number of carbonyl (C=O) groups is 1. The van der Waals surface area contributed by atoms with Gasteiger partial charge in [-0.1, -0.05) is 0 Å². The van der Waals surface area contributed by atoms with Gasteiger partial charge in [-0.15, -0.1) is 0 Å². The van der Waals surface area contributed by atoms with Gasteiger partial charge in [-0.25, -0.2) is 0 Å². The first-order valence-corrected chi connectivity index (χ1v) is 7.43. The van der Waals surface area contributed by atoms with Crippen molar-refractivity contribution in [2.45, 2.75) is 0 Å². The molecular weight excluding hydrogens is 1320 g/mol. The second kappa shape index (κ2) is 17.5. The van der Waals surface area contributed by atoms with Crippen molar-refractivity contribution in [2.75, 3.05) is 3.82 Å². The summed E-state index contributed by atoms with van der Waals surface area (Å²) >= 11 is 4.69. The Morgan fingerprint density at radius 2 is 1.69 bits per heavy atom. The minimum atomic E-state index is -0.783. The second-order valence-corrected chi connectivity index (χ2v) is 5.86. The van der Waals surface area contributed by atoms with Crippen LogP contribution >= 0.6 is 0 Å². The number of pyridine rings is 1. The van der Waals surface area contributed by atoms with Crippen LogP contribution in [0.15, 0.2) is 30.6 Å². The number of benzene rings is 1. The molecule has 0 fully saturated rings. The molecule has 2 rings (SSSR count). The number of carbonyl (C=O) groups excluding carboxylic acids is 1. The summed E-state index contributed by atoms with van der Waals surface area (Å²) in [6, 6.07) is 10.3. The van der Waals surface area contributed by atoms with E-state index in [2.05, 4.69) is 57.2 Å². The quantitative estimate of drug-likeness (QED) is 0.349. The van der Waals surface area contributed by atoms with Crippen molar-refractivity contribution in [3.63, 3.8) is 0 Å². The zero-order valence-corrected chi connectivity index (χ0v) is 29.8. The summed E-state index contributed by atoms with van der Waals surface area (Å²) in [4.78, 5) is 14.9. The molecule has 1 heterocycles. The molecule has 9 radical (unpaired) electrons. The fourth-order valence-corrected chi connectivity index (χ4v) is 2.85. The van der Waals surface area contributed by atoms with Crippen LogP contribution < -0.4 is 3.82 Å². The number of hydrogen-bond acceptors (Lipinski definition) is 3. The fraction of sp³-hybridized carbons (Fsp3) is 0. The molecule has 0 saturated carbocycles. The van der Waals surface area contributed by atoms with Crippen LogP contribution in [-0.2, 0) is 102 Å². The Kier molecular flexibility index (Phi) is 23.6. The molecule has 0 aliphatic heterocycles. The largest absolute Gasteiger partial charge is 0 e. The summed E-state index contributed by atoms with van der Waals surface area (Å²) in [6.07, 6.45) is 5.97. The van der Waals surface area contributed by atoms with Crippen molar-refractivity contribution in [3.05, 3.63) is 71.5 Å². The molecule has 26 heavy (non-hydrogen) atoms. The van der Waals surface area contributed by atoms with E-state index in [0.29, 0.717) is 16.9 Å². The van der Waals surface area contributed by atoms with Gasteiger partial charge in [0.2, 0.25) is 0 Å². The zero-order valence-electron chi connectivity index (χ0n) is 12.5. The van der Waals surface area contributed by atoms with Gasteiger partial charge < -0.3 is 0 Å². The number of nitrogens with one attached hydrogen (secondary N) is 2. The first-order valence-electron chi connectivity index (χ1n) is 5.65. The van der Waals surface area contributed by atoms with Gasteiger partial charge in [-0.3, -0.25) is 0 Å². The van der Waals surface area contributed by atoms with Crippen LogP contribution in [-0.4, -0.2) is 44.8 Å². The van der Waals surface area contributed by atoms with E-state index in [0.717, 1.165) is 4.36 Å². The first-order chi connectivity index (χ1) is 9.97. The summed E-state index contributed by atoms with van der Waals surface area (Å²) < 4.78 is 2.49. The van der Waals surface area contributed by atoms with Gasteiger partial charge >= 0.3 is 141 Å². The predicted molar refractivity (Wildman–Crippen MR) is 81.8 cm³/mol. The van der Waals surface area contributed by atoms with Crippen LogP contribution in [0.3, 0.4) is 0 Å². The third kappa shape index (κ3) is 11.0. The molecule has 139 valence electrons. The summed E-state index contributed by atoms with van der Waals surface area (Å²) in [5, 5.41) is 0. The van der Waals surface area contributed by atoms with Gasteiger partial charge in [0, 0.05) is 102 Å². The number of aromatic nitrogens is 1. The third-order valence-corrected chi connectivity index (χ3v) is 3.87. The number of hydrogen-bond donors (Lipinski definition) is 0. The van der Waals surface area contributed by atoms with E-state index in [1.165, 1.54) is 12.3 Å². The summed E-state index contributed by atoms with van der Waals surface area (Å²) in [6.45, 7) is 0. The summed E-state index contributed by atoms with van der Waals surface area (Å²) in [7, 11) is 0. The molecule has 1 amide bonds. The number of amides is 1. The monoisotopic (exact) mass is 1330 g/mol. The Morgan fingerprint density at radius 3 is 2.23 bits per heavy atom. The van der Waals surface area contributed by atoms with Crippen molar-refractivity contribution < 1.29 is 107 Å². The fourth-order valence-electron chi connectivity index (χ4n) is 1.46. The van der Waals surface area contributed by atoms with E-state index in [1.807, 2.05) is 0 Å². The Hall–Kier alpha value is 1.61. The van der Waals surface area contributed by atoms with Gasteiger partial charge in [0.15, 0.2) is 0 Å². The number of anilines is 1. The first kappa shape index (κ1) is 35.1. The molecule has 2 aromatic rings. The zero-order chi connectivity index (χ0) is 15.4. The normalized spacial score (nSPS) is 9.08. The van der Waals surface area contributed by atoms with Crippen LogP contribution in [0.4, 0.5) is 11.4 Å². The van der Waals surface area contributed by atoms with Gasteiger partial charge in [-0.05, 0) is 0 Å². The number of rotatable bonds is 4. The van der Waals surface area contributed by atoms with Crippen molar-refractivity contribution >= 4 is 55.6 Å². The van der Waals surface area contributed by atoms with E-state index < -0.39 is 5.91 Å². The smallest absolute Gasteiger partial charge is 0 e. The molecule has 0 atom stereocenters. The van der Waals surface area contributed by atoms with Gasteiger partial charge in [-0.2, -0.15) is 0 Å².